The van der Waals surface area contributed by atoms with Crippen molar-refractivity contribution in [2.75, 3.05) is 13.1 Å². The number of amides is 1. The molecule has 0 saturated heterocycles. The Hall–Kier alpha value is -1.07. The highest BCUT2D eigenvalue weighted by Gasteiger charge is 2.01. The van der Waals surface area contributed by atoms with Crippen molar-refractivity contribution >= 4 is 21.8 Å². The van der Waals surface area contributed by atoms with Gasteiger partial charge in [-0.15, -0.1) is 0 Å². The highest BCUT2D eigenvalue weighted by Crippen LogP contribution is 2.24. The molecule has 0 saturated carbocycles. The van der Waals surface area contributed by atoms with E-state index >= 15 is 0 Å². The average molecular weight is 315 g/mol. The Morgan fingerprint density at radius 1 is 1.39 bits per heavy atom. The number of carbonyl (C=O) groups excluding carboxylic acids is 1. The van der Waals surface area contributed by atoms with Gasteiger partial charge in [-0.2, -0.15) is 0 Å². The predicted molar refractivity (Wildman–Crippen MR) is 75.4 cm³/mol. The van der Waals surface area contributed by atoms with E-state index in [1.54, 1.807) is 6.07 Å². The topological polar surface area (TPSA) is 61.4 Å². The first kappa shape index (κ1) is 15.0. The summed E-state index contributed by atoms with van der Waals surface area (Å²) in [6.07, 6.45) is 1.44. The smallest absolute Gasteiger partial charge is 0.221 e. The number of phenols is 1. The van der Waals surface area contributed by atoms with Crippen LogP contribution in [0.4, 0.5) is 0 Å². The number of rotatable bonds is 7. The fourth-order valence-electron chi connectivity index (χ4n) is 1.45. The first-order valence-corrected chi connectivity index (χ1v) is 6.87. The van der Waals surface area contributed by atoms with Crippen molar-refractivity contribution in [3.63, 3.8) is 0 Å². The molecule has 1 amide bonds. The van der Waals surface area contributed by atoms with Crippen LogP contribution in [-0.2, 0) is 11.3 Å². The number of hydrogen-bond acceptors (Lipinski definition) is 3. The van der Waals surface area contributed by atoms with E-state index in [1.807, 2.05) is 19.1 Å². The molecular formula is C13H19BrN2O2. The molecule has 18 heavy (non-hydrogen) atoms. The van der Waals surface area contributed by atoms with Gasteiger partial charge in [0.2, 0.25) is 5.91 Å². The molecule has 5 heteroatoms. The van der Waals surface area contributed by atoms with Gasteiger partial charge in [0.1, 0.15) is 5.75 Å². The fourth-order valence-corrected chi connectivity index (χ4v) is 1.87. The Balaban J connectivity index is 2.21. The van der Waals surface area contributed by atoms with Crippen LogP contribution in [0.15, 0.2) is 22.7 Å². The van der Waals surface area contributed by atoms with E-state index < -0.39 is 0 Å². The molecule has 1 aromatic carbocycles. The first-order valence-electron chi connectivity index (χ1n) is 6.08. The molecule has 0 aromatic heterocycles. The maximum atomic E-state index is 11.3. The zero-order valence-electron chi connectivity index (χ0n) is 10.5. The molecule has 0 unspecified atom stereocenters. The van der Waals surface area contributed by atoms with Gasteiger partial charge < -0.3 is 15.7 Å². The molecular weight excluding hydrogens is 296 g/mol. The molecule has 0 atom stereocenters. The average Bonchev–Trinajstić information content (AvgIpc) is 2.36. The molecule has 0 bridgehead atoms. The number of halogens is 1. The third kappa shape index (κ3) is 5.51. The number of hydrogen-bond donors (Lipinski definition) is 3. The largest absolute Gasteiger partial charge is 0.507 e. The molecule has 0 spiro atoms. The van der Waals surface area contributed by atoms with E-state index in [1.165, 1.54) is 0 Å². The summed E-state index contributed by atoms with van der Waals surface area (Å²) < 4.78 is 0.683. The number of carbonyl (C=O) groups is 1. The van der Waals surface area contributed by atoms with Crippen molar-refractivity contribution in [3.8, 4) is 5.75 Å². The van der Waals surface area contributed by atoms with Gasteiger partial charge in [0.25, 0.3) is 0 Å². The van der Waals surface area contributed by atoms with Crippen molar-refractivity contribution in [2.45, 2.75) is 26.3 Å². The molecule has 0 aliphatic heterocycles. The summed E-state index contributed by atoms with van der Waals surface area (Å²) in [6.45, 7) is 4.10. The molecule has 0 radical (unpaired) electrons. The van der Waals surface area contributed by atoms with Gasteiger partial charge in [0, 0.05) is 26.1 Å². The highest BCUT2D eigenvalue weighted by molar-refractivity contribution is 9.10. The predicted octanol–water partition coefficient (Wildman–Crippen LogP) is 2.16. The summed E-state index contributed by atoms with van der Waals surface area (Å²) in [5, 5.41) is 15.4. The van der Waals surface area contributed by atoms with E-state index in [0.717, 1.165) is 18.5 Å². The number of nitrogens with one attached hydrogen (secondary N) is 2. The lowest BCUT2D eigenvalue weighted by Gasteiger charge is -2.06. The maximum absolute atomic E-state index is 11.3. The lowest BCUT2D eigenvalue weighted by atomic mass is 10.2. The van der Waals surface area contributed by atoms with E-state index in [9.17, 15) is 9.90 Å². The van der Waals surface area contributed by atoms with Crippen LogP contribution < -0.4 is 10.6 Å². The molecule has 4 nitrogen and oxygen atoms in total. The van der Waals surface area contributed by atoms with Gasteiger partial charge in [-0.05, 0) is 40.0 Å². The summed E-state index contributed by atoms with van der Waals surface area (Å²) in [7, 11) is 0. The minimum absolute atomic E-state index is 0.0798. The van der Waals surface area contributed by atoms with Crippen molar-refractivity contribution < 1.29 is 9.90 Å². The monoisotopic (exact) mass is 314 g/mol. The SMILES string of the molecule is CCCNC(=O)CCNCc1ccc(O)c(Br)c1. The van der Waals surface area contributed by atoms with Crippen molar-refractivity contribution in [2.24, 2.45) is 0 Å². The molecule has 1 rings (SSSR count). The number of aromatic hydroxyl groups is 1. The highest BCUT2D eigenvalue weighted by atomic mass is 79.9. The second-order valence-corrected chi connectivity index (χ2v) is 4.92. The van der Waals surface area contributed by atoms with Crippen molar-refractivity contribution in [3.05, 3.63) is 28.2 Å². The molecule has 0 heterocycles. The second kappa shape index (κ2) is 8.11. The maximum Gasteiger partial charge on any atom is 0.221 e. The molecule has 0 fully saturated rings. The lowest BCUT2D eigenvalue weighted by Crippen LogP contribution is -2.28. The van der Waals surface area contributed by atoms with E-state index in [0.29, 0.717) is 24.0 Å². The fraction of sp³-hybridized carbons (Fsp3) is 0.462. The van der Waals surface area contributed by atoms with E-state index in [-0.39, 0.29) is 11.7 Å². The van der Waals surface area contributed by atoms with Gasteiger partial charge in [-0.25, -0.2) is 0 Å². The second-order valence-electron chi connectivity index (χ2n) is 4.06. The van der Waals surface area contributed by atoms with Crippen LogP contribution in [-0.4, -0.2) is 24.1 Å². The molecule has 100 valence electrons. The summed E-state index contributed by atoms with van der Waals surface area (Å²) in [5.74, 6) is 0.314. The molecule has 0 aliphatic rings. The van der Waals surface area contributed by atoms with Gasteiger partial charge in [-0.3, -0.25) is 4.79 Å². The van der Waals surface area contributed by atoms with Crippen LogP contribution in [0, 0.1) is 0 Å². The van der Waals surface area contributed by atoms with E-state index in [4.69, 9.17) is 0 Å². The minimum atomic E-state index is 0.0798. The zero-order valence-corrected chi connectivity index (χ0v) is 12.1. The number of phenolic OH excluding ortho intramolecular Hbond substituents is 1. The normalized spacial score (nSPS) is 10.3. The standard InChI is InChI=1S/C13H19BrN2O2/c1-2-6-16-13(18)5-7-15-9-10-3-4-12(17)11(14)8-10/h3-4,8,15,17H,2,5-7,9H2,1H3,(H,16,18). The van der Waals surface area contributed by atoms with Crippen LogP contribution in [0.1, 0.15) is 25.3 Å². The van der Waals surface area contributed by atoms with E-state index in [2.05, 4.69) is 26.6 Å². The Kier molecular flexibility index (Phi) is 6.75. The van der Waals surface area contributed by atoms with Crippen molar-refractivity contribution in [1.82, 2.24) is 10.6 Å². The molecule has 1 aromatic rings. The van der Waals surface area contributed by atoms with Crippen LogP contribution in [0.3, 0.4) is 0 Å². The summed E-state index contributed by atoms with van der Waals surface area (Å²) in [4.78, 5) is 11.3. The van der Waals surface area contributed by atoms with Gasteiger partial charge in [0.15, 0.2) is 0 Å². The molecule has 0 aliphatic carbocycles. The zero-order chi connectivity index (χ0) is 13.4. The van der Waals surface area contributed by atoms with Crippen LogP contribution >= 0.6 is 15.9 Å². The minimum Gasteiger partial charge on any atom is -0.507 e. The van der Waals surface area contributed by atoms with Crippen molar-refractivity contribution in [1.29, 1.82) is 0 Å². The van der Waals surface area contributed by atoms with Crippen LogP contribution in [0.2, 0.25) is 0 Å². The summed E-state index contributed by atoms with van der Waals surface area (Å²) >= 11 is 3.26. The van der Waals surface area contributed by atoms with Crippen LogP contribution in [0.25, 0.3) is 0 Å². The first-order chi connectivity index (χ1) is 8.63. The lowest BCUT2D eigenvalue weighted by molar-refractivity contribution is -0.120. The Labute approximate surface area is 116 Å². The van der Waals surface area contributed by atoms with Gasteiger partial charge in [0.05, 0.1) is 4.47 Å². The third-order valence-corrected chi connectivity index (χ3v) is 3.08. The van der Waals surface area contributed by atoms with Gasteiger partial charge >= 0.3 is 0 Å². The third-order valence-electron chi connectivity index (χ3n) is 2.44. The molecule has 3 N–H and O–H groups in total. The number of benzene rings is 1. The Morgan fingerprint density at radius 2 is 2.17 bits per heavy atom. The Morgan fingerprint density at radius 3 is 2.83 bits per heavy atom. The Bertz CT molecular complexity index is 397. The van der Waals surface area contributed by atoms with Gasteiger partial charge in [-0.1, -0.05) is 13.0 Å². The summed E-state index contributed by atoms with van der Waals surface area (Å²) in [6, 6.07) is 5.36. The quantitative estimate of drug-likeness (QED) is 0.676. The summed E-state index contributed by atoms with van der Waals surface area (Å²) in [5.41, 5.74) is 1.06. The van der Waals surface area contributed by atoms with Crippen LogP contribution in [0.5, 0.6) is 5.75 Å².